The molecule has 1 N–H and O–H groups in total. The highest BCUT2D eigenvalue weighted by Gasteiger charge is 2.25. The molecule has 0 aromatic heterocycles. The van der Waals surface area contributed by atoms with Crippen molar-refractivity contribution >= 4 is 5.91 Å². The van der Waals surface area contributed by atoms with Gasteiger partial charge in [-0.3, -0.25) is 4.79 Å². The van der Waals surface area contributed by atoms with Gasteiger partial charge in [0.1, 0.15) is 0 Å². The number of benzene rings is 2. The zero-order valence-electron chi connectivity index (χ0n) is 11.0. The minimum atomic E-state index is -1.63. The van der Waals surface area contributed by atoms with Crippen molar-refractivity contribution in [2.75, 3.05) is 0 Å². The smallest absolute Gasteiger partial charge is 0.254 e. The van der Waals surface area contributed by atoms with Gasteiger partial charge in [0.2, 0.25) is 0 Å². The fraction of sp³-hybridized carbons (Fsp3) is 0.188. The number of nitrogens with one attached hydrogen (secondary N) is 1. The van der Waals surface area contributed by atoms with Crippen molar-refractivity contribution in [1.82, 2.24) is 5.32 Å². The van der Waals surface area contributed by atoms with E-state index in [4.69, 9.17) is 0 Å². The molecule has 3 rings (SSSR count). The normalized spacial score (nSPS) is 14.0. The van der Waals surface area contributed by atoms with Crippen LogP contribution in [-0.2, 0) is 12.8 Å². The topological polar surface area (TPSA) is 29.1 Å². The Labute approximate surface area is 119 Å². The minimum absolute atomic E-state index is 0.164. The molecule has 5 heteroatoms. The van der Waals surface area contributed by atoms with Crippen LogP contribution in [0.25, 0.3) is 0 Å². The molecule has 0 bridgehead atoms. The van der Waals surface area contributed by atoms with Gasteiger partial charge in [-0.2, -0.15) is 0 Å². The van der Waals surface area contributed by atoms with Gasteiger partial charge in [-0.05, 0) is 36.1 Å². The molecule has 1 aliphatic carbocycles. The van der Waals surface area contributed by atoms with Crippen LogP contribution in [0.2, 0.25) is 0 Å². The second kappa shape index (κ2) is 5.24. The molecule has 0 spiro atoms. The van der Waals surface area contributed by atoms with Crippen molar-refractivity contribution in [2.24, 2.45) is 0 Å². The first-order valence-corrected chi connectivity index (χ1v) is 6.57. The third-order valence-corrected chi connectivity index (χ3v) is 3.67. The zero-order valence-corrected chi connectivity index (χ0v) is 11.0. The largest absolute Gasteiger partial charge is 0.349 e. The van der Waals surface area contributed by atoms with Gasteiger partial charge in [0.05, 0.1) is 5.56 Å². The number of hydrogen-bond donors (Lipinski definition) is 1. The van der Waals surface area contributed by atoms with Crippen molar-refractivity contribution in [3.63, 3.8) is 0 Å². The van der Waals surface area contributed by atoms with E-state index in [1.807, 2.05) is 24.3 Å². The van der Waals surface area contributed by atoms with E-state index in [-0.39, 0.29) is 6.04 Å². The number of amides is 1. The molecule has 0 heterocycles. The van der Waals surface area contributed by atoms with Gasteiger partial charge in [0, 0.05) is 6.04 Å². The monoisotopic (exact) mass is 291 g/mol. The molecule has 2 aromatic carbocycles. The number of fused-ring (bicyclic) bond motifs is 1. The highest BCUT2D eigenvalue weighted by molar-refractivity contribution is 5.94. The van der Waals surface area contributed by atoms with Crippen LogP contribution < -0.4 is 5.32 Å². The molecule has 0 unspecified atom stereocenters. The number of carbonyl (C=O) groups excluding carboxylic acids is 1. The van der Waals surface area contributed by atoms with Crippen LogP contribution in [0.15, 0.2) is 36.4 Å². The van der Waals surface area contributed by atoms with E-state index in [2.05, 4.69) is 5.32 Å². The van der Waals surface area contributed by atoms with Gasteiger partial charge in [-0.25, -0.2) is 13.2 Å². The third-order valence-electron chi connectivity index (χ3n) is 3.67. The maximum atomic E-state index is 13.6. The molecule has 0 saturated carbocycles. The molecular formula is C16H12F3NO. The van der Waals surface area contributed by atoms with Crippen LogP contribution in [0, 0.1) is 17.5 Å². The molecule has 108 valence electrons. The number of rotatable bonds is 2. The summed E-state index contributed by atoms with van der Waals surface area (Å²) in [6, 6.07) is 9.31. The van der Waals surface area contributed by atoms with Crippen molar-refractivity contribution < 1.29 is 18.0 Å². The summed E-state index contributed by atoms with van der Waals surface area (Å²) in [5.41, 5.74) is 1.78. The Kier molecular flexibility index (Phi) is 3.41. The standard InChI is InChI=1S/C16H12F3NO/c17-13-6-5-12(14(18)15(13)19)16(21)20-11-7-9-3-1-2-4-10(9)8-11/h1-6,11H,7-8H2,(H,20,21). The molecule has 1 aliphatic rings. The quantitative estimate of drug-likeness (QED) is 0.847. The predicted molar refractivity (Wildman–Crippen MR) is 71.4 cm³/mol. The Morgan fingerprint density at radius 3 is 2.19 bits per heavy atom. The molecule has 0 radical (unpaired) electrons. The zero-order chi connectivity index (χ0) is 15.0. The molecule has 21 heavy (non-hydrogen) atoms. The highest BCUT2D eigenvalue weighted by Crippen LogP contribution is 2.22. The summed E-state index contributed by atoms with van der Waals surface area (Å²) in [6.45, 7) is 0. The first-order valence-electron chi connectivity index (χ1n) is 6.57. The Morgan fingerprint density at radius 1 is 0.952 bits per heavy atom. The van der Waals surface area contributed by atoms with E-state index in [1.165, 1.54) is 0 Å². The number of hydrogen-bond acceptors (Lipinski definition) is 1. The minimum Gasteiger partial charge on any atom is -0.349 e. The maximum absolute atomic E-state index is 13.6. The average molecular weight is 291 g/mol. The molecule has 0 aliphatic heterocycles. The second-order valence-electron chi connectivity index (χ2n) is 5.07. The first-order chi connectivity index (χ1) is 10.1. The Morgan fingerprint density at radius 2 is 1.57 bits per heavy atom. The Balaban J connectivity index is 1.76. The van der Waals surface area contributed by atoms with E-state index in [9.17, 15) is 18.0 Å². The lowest BCUT2D eigenvalue weighted by atomic mass is 10.1. The number of halogens is 3. The maximum Gasteiger partial charge on any atom is 0.254 e. The van der Waals surface area contributed by atoms with Gasteiger partial charge >= 0.3 is 0 Å². The van der Waals surface area contributed by atoms with E-state index in [0.29, 0.717) is 12.8 Å². The van der Waals surface area contributed by atoms with Crippen LogP contribution in [-0.4, -0.2) is 11.9 Å². The lowest BCUT2D eigenvalue weighted by molar-refractivity contribution is 0.0933. The lowest BCUT2D eigenvalue weighted by Crippen LogP contribution is -2.36. The molecule has 1 amide bonds. The van der Waals surface area contributed by atoms with Crippen molar-refractivity contribution in [3.8, 4) is 0 Å². The molecular weight excluding hydrogens is 279 g/mol. The summed E-state index contributed by atoms with van der Waals surface area (Å²) >= 11 is 0. The van der Waals surface area contributed by atoms with Gasteiger partial charge in [-0.1, -0.05) is 24.3 Å². The molecule has 2 aromatic rings. The summed E-state index contributed by atoms with van der Waals surface area (Å²) in [6.07, 6.45) is 1.29. The fourth-order valence-corrected chi connectivity index (χ4v) is 2.63. The summed E-state index contributed by atoms with van der Waals surface area (Å²) in [5, 5.41) is 2.66. The fourth-order valence-electron chi connectivity index (χ4n) is 2.63. The van der Waals surface area contributed by atoms with Gasteiger partial charge in [0.15, 0.2) is 17.5 Å². The molecule has 2 nitrogen and oxygen atoms in total. The Bertz CT molecular complexity index is 690. The molecule has 0 saturated heterocycles. The lowest BCUT2D eigenvalue weighted by Gasteiger charge is -2.12. The van der Waals surface area contributed by atoms with Crippen LogP contribution in [0.1, 0.15) is 21.5 Å². The van der Waals surface area contributed by atoms with E-state index < -0.39 is 28.9 Å². The van der Waals surface area contributed by atoms with Crippen LogP contribution in [0.5, 0.6) is 0 Å². The molecule has 0 atom stereocenters. The van der Waals surface area contributed by atoms with Crippen molar-refractivity contribution in [3.05, 3.63) is 70.5 Å². The van der Waals surface area contributed by atoms with E-state index >= 15 is 0 Å². The average Bonchev–Trinajstić information content (AvgIpc) is 2.86. The van der Waals surface area contributed by atoms with E-state index in [1.54, 1.807) is 0 Å². The Hall–Kier alpha value is -2.30. The van der Waals surface area contributed by atoms with Gasteiger partial charge in [0.25, 0.3) is 5.91 Å². The molecule has 0 fully saturated rings. The number of carbonyl (C=O) groups is 1. The van der Waals surface area contributed by atoms with Gasteiger partial charge in [-0.15, -0.1) is 0 Å². The van der Waals surface area contributed by atoms with Crippen molar-refractivity contribution in [1.29, 1.82) is 0 Å². The van der Waals surface area contributed by atoms with E-state index in [0.717, 1.165) is 23.3 Å². The second-order valence-corrected chi connectivity index (χ2v) is 5.07. The SMILES string of the molecule is O=C(NC1Cc2ccccc2C1)c1ccc(F)c(F)c1F. The van der Waals surface area contributed by atoms with Crippen molar-refractivity contribution in [2.45, 2.75) is 18.9 Å². The van der Waals surface area contributed by atoms with Gasteiger partial charge < -0.3 is 5.32 Å². The summed E-state index contributed by atoms with van der Waals surface area (Å²) in [4.78, 5) is 12.0. The highest BCUT2D eigenvalue weighted by atomic mass is 19.2. The first kappa shape index (κ1) is 13.7. The predicted octanol–water partition coefficient (Wildman–Crippen LogP) is 3.00. The summed E-state index contributed by atoms with van der Waals surface area (Å²) in [5.74, 6) is -5.12. The third kappa shape index (κ3) is 2.51. The van der Waals surface area contributed by atoms with Crippen LogP contribution in [0.3, 0.4) is 0 Å². The van der Waals surface area contributed by atoms with Crippen LogP contribution >= 0.6 is 0 Å². The summed E-state index contributed by atoms with van der Waals surface area (Å²) < 4.78 is 39.6. The van der Waals surface area contributed by atoms with Crippen LogP contribution in [0.4, 0.5) is 13.2 Å². The summed E-state index contributed by atoms with van der Waals surface area (Å²) in [7, 11) is 0.